The summed E-state index contributed by atoms with van der Waals surface area (Å²) in [6, 6.07) is 9.41. The number of rotatable bonds is 4. The smallest absolute Gasteiger partial charge is 0.225 e. The Morgan fingerprint density at radius 3 is 2.85 bits per heavy atom. The van der Waals surface area contributed by atoms with Crippen LogP contribution in [0.15, 0.2) is 41.0 Å². The summed E-state index contributed by atoms with van der Waals surface area (Å²) in [6.07, 6.45) is 2.68. The average Bonchev–Trinajstić information content (AvgIpc) is 2.42. The van der Waals surface area contributed by atoms with E-state index >= 15 is 0 Å². The number of hydrogen-bond acceptors (Lipinski definition) is 3. The molecule has 1 aromatic heterocycles. The largest absolute Gasteiger partial charge is 0.399 e. The SMILES string of the molecule is Cc1cc(NC(=O)CCc2ccccc2N)ncc1Br. The van der Waals surface area contributed by atoms with Crippen molar-refractivity contribution < 1.29 is 4.79 Å². The summed E-state index contributed by atoms with van der Waals surface area (Å²) in [4.78, 5) is 16.0. The number of nitrogen functional groups attached to an aromatic ring is 1. The first-order valence-corrected chi connectivity index (χ1v) is 7.11. The first kappa shape index (κ1) is 14.5. The highest BCUT2D eigenvalue weighted by atomic mass is 79.9. The molecule has 104 valence electrons. The minimum absolute atomic E-state index is 0.0672. The Morgan fingerprint density at radius 1 is 1.40 bits per heavy atom. The molecule has 0 spiro atoms. The molecule has 0 aliphatic heterocycles. The molecule has 1 heterocycles. The van der Waals surface area contributed by atoms with Crippen LogP contribution in [0.4, 0.5) is 11.5 Å². The molecule has 0 saturated carbocycles. The second-order valence-corrected chi connectivity index (χ2v) is 5.42. The van der Waals surface area contributed by atoms with E-state index in [-0.39, 0.29) is 5.91 Å². The third kappa shape index (κ3) is 3.81. The molecule has 3 N–H and O–H groups in total. The number of carbonyl (C=O) groups is 1. The Morgan fingerprint density at radius 2 is 2.15 bits per heavy atom. The fourth-order valence-corrected chi connectivity index (χ4v) is 2.04. The highest BCUT2D eigenvalue weighted by Gasteiger charge is 2.06. The standard InChI is InChI=1S/C15H16BrN3O/c1-10-8-14(18-9-12(10)16)19-15(20)7-6-11-4-2-3-5-13(11)17/h2-5,8-9H,6-7,17H2,1H3,(H,18,19,20). The van der Waals surface area contributed by atoms with Crippen molar-refractivity contribution in [3.8, 4) is 0 Å². The molecular weight excluding hydrogens is 318 g/mol. The third-order valence-corrected chi connectivity index (χ3v) is 3.82. The van der Waals surface area contributed by atoms with Crippen molar-refractivity contribution in [2.45, 2.75) is 19.8 Å². The number of benzene rings is 1. The molecule has 2 aromatic rings. The van der Waals surface area contributed by atoms with Gasteiger partial charge in [0.05, 0.1) is 0 Å². The number of amides is 1. The Balaban J connectivity index is 1.93. The maximum atomic E-state index is 11.9. The maximum absolute atomic E-state index is 11.9. The summed E-state index contributed by atoms with van der Waals surface area (Å²) < 4.78 is 0.924. The van der Waals surface area contributed by atoms with E-state index in [4.69, 9.17) is 5.73 Å². The van der Waals surface area contributed by atoms with Gasteiger partial charge in [-0.25, -0.2) is 4.98 Å². The number of halogens is 1. The normalized spacial score (nSPS) is 10.3. The van der Waals surface area contributed by atoms with Gasteiger partial charge in [-0.3, -0.25) is 4.79 Å². The maximum Gasteiger partial charge on any atom is 0.225 e. The number of nitrogens with two attached hydrogens (primary N) is 1. The molecular formula is C15H16BrN3O. The lowest BCUT2D eigenvalue weighted by Crippen LogP contribution is -2.13. The van der Waals surface area contributed by atoms with E-state index in [0.29, 0.717) is 18.7 Å². The summed E-state index contributed by atoms with van der Waals surface area (Å²) in [5.74, 6) is 0.499. The van der Waals surface area contributed by atoms with Gasteiger partial charge in [0, 0.05) is 22.8 Å². The lowest BCUT2D eigenvalue weighted by molar-refractivity contribution is -0.116. The summed E-state index contributed by atoms with van der Waals surface area (Å²) in [5.41, 5.74) is 8.59. The summed E-state index contributed by atoms with van der Waals surface area (Å²) in [7, 11) is 0. The van der Waals surface area contributed by atoms with Gasteiger partial charge in [-0.15, -0.1) is 0 Å². The third-order valence-electron chi connectivity index (χ3n) is 2.99. The van der Waals surface area contributed by atoms with Crippen molar-refractivity contribution in [2.24, 2.45) is 0 Å². The van der Waals surface area contributed by atoms with Crippen LogP contribution in [0, 0.1) is 6.92 Å². The van der Waals surface area contributed by atoms with Crippen LogP contribution >= 0.6 is 15.9 Å². The minimum atomic E-state index is -0.0672. The van der Waals surface area contributed by atoms with Crippen molar-refractivity contribution in [1.29, 1.82) is 0 Å². The van der Waals surface area contributed by atoms with Crippen molar-refractivity contribution in [1.82, 2.24) is 4.98 Å². The number of nitrogens with zero attached hydrogens (tertiary/aromatic N) is 1. The molecule has 0 fully saturated rings. The highest BCUT2D eigenvalue weighted by molar-refractivity contribution is 9.10. The zero-order valence-electron chi connectivity index (χ0n) is 11.2. The molecule has 1 amide bonds. The molecule has 0 unspecified atom stereocenters. The molecule has 0 atom stereocenters. The summed E-state index contributed by atoms with van der Waals surface area (Å²) in [6.45, 7) is 1.95. The van der Waals surface area contributed by atoms with Crippen molar-refractivity contribution in [2.75, 3.05) is 11.1 Å². The number of para-hydroxylation sites is 1. The van der Waals surface area contributed by atoms with Gasteiger partial charge in [-0.1, -0.05) is 18.2 Å². The second kappa shape index (κ2) is 6.52. The van der Waals surface area contributed by atoms with Crippen LogP contribution in [0.2, 0.25) is 0 Å². The Kier molecular flexibility index (Phi) is 4.74. The number of pyridine rings is 1. The number of aryl methyl sites for hydroxylation is 2. The van der Waals surface area contributed by atoms with Gasteiger partial charge in [0.2, 0.25) is 5.91 Å². The predicted octanol–water partition coefficient (Wildman–Crippen LogP) is 3.31. The van der Waals surface area contributed by atoms with Crippen LogP contribution in [0.5, 0.6) is 0 Å². The van der Waals surface area contributed by atoms with Gasteiger partial charge in [0.25, 0.3) is 0 Å². The molecule has 2 rings (SSSR count). The number of carbonyl (C=O) groups excluding carboxylic acids is 1. The van der Waals surface area contributed by atoms with E-state index in [1.165, 1.54) is 0 Å². The van der Waals surface area contributed by atoms with E-state index < -0.39 is 0 Å². The Labute approximate surface area is 126 Å². The molecule has 5 heteroatoms. The van der Waals surface area contributed by atoms with E-state index in [9.17, 15) is 4.79 Å². The lowest BCUT2D eigenvalue weighted by Gasteiger charge is -2.07. The first-order chi connectivity index (χ1) is 9.56. The van der Waals surface area contributed by atoms with Crippen LogP contribution in [-0.2, 0) is 11.2 Å². The second-order valence-electron chi connectivity index (χ2n) is 4.57. The molecule has 20 heavy (non-hydrogen) atoms. The summed E-state index contributed by atoms with van der Waals surface area (Å²) in [5, 5.41) is 2.79. The van der Waals surface area contributed by atoms with Crippen molar-refractivity contribution in [3.63, 3.8) is 0 Å². The molecule has 0 bridgehead atoms. The van der Waals surface area contributed by atoms with Crippen molar-refractivity contribution in [3.05, 3.63) is 52.1 Å². The van der Waals surface area contributed by atoms with Gasteiger partial charge < -0.3 is 11.1 Å². The number of anilines is 2. The fraction of sp³-hybridized carbons (Fsp3) is 0.200. The van der Waals surface area contributed by atoms with Gasteiger partial charge in [0.1, 0.15) is 5.82 Å². The monoisotopic (exact) mass is 333 g/mol. The molecule has 4 nitrogen and oxygen atoms in total. The molecule has 0 aliphatic rings. The number of aromatic nitrogens is 1. The number of hydrogen-bond donors (Lipinski definition) is 2. The zero-order valence-corrected chi connectivity index (χ0v) is 12.8. The summed E-state index contributed by atoms with van der Waals surface area (Å²) >= 11 is 3.38. The highest BCUT2D eigenvalue weighted by Crippen LogP contribution is 2.18. The quantitative estimate of drug-likeness (QED) is 0.843. The van der Waals surface area contributed by atoms with E-state index in [0.717, 1.165) is 21.3 Å². The minimum Gasteiger partial charge on any atom is -0.399 e. The molecule has 1 aromatic carbocycles. The predicted molar refractivity (Wildman–Crippen MR) is 84.5 cm³/mol. The molecule has 0 radical (unpaired) electrons. The Bertz CT molecular complexity index is 628. The van der Waals surface area contributed by atoms with Gasteiger partial charge in [-0.2, -0.15) is 0 Å². The average molecular weight is 334 g/mol. The Hall–Kier alpha value is -1.88. The van der Waals surface area contributed by atoms with E-state index in [1.54, 1.807) is 6.20 Å². The van der Waals surface area contributed by atoms with Crippen LogP contribution in [-0.4, -0.2) is 10.9 Å². The van der Waals surface area contributed by atoms with E-state index in [2.05, 4.69) is 26.2 Å². The van der Waals surface area contributed by atoms with Crippen LogP contribution < -0.4 is 11.1 Å². The van der Waals surface area contributed by atoms with Crippen LogP contribution in [0.1, 0.15) is 17.5 Å². The van der Waals surface area contributed by atoms with Gasteiger partial charge in [0.15, 0.2) is 0 Å². The topological polar surface area (TPSA) is 68.0 Å². The number of nitrogens with one attached hydrogen (secondary N) is 1. The van der Waals surface area contributed by atoms with Crippen LogP contribution in [0.25, 0.3) is 0 Å². The zero-order chi connectivity index (χ0) is 14.5. The lowest BCUT2D eigenvalue weighted by atomic mass is 10.1. The van der Waals surface area contributed by atoms with Crippen LogP contribution in [0.3, 0.4) is 0 Å². The first-order valence-electron chi connectivity index (χ1n) is 6.31. The van der Waals surface area contributed by atoms with Crippen molar-refractivity contribution >= 4 is 33.3 Å². The van der Waals surface area contributed by atoms with E-state index in [1.807, 2.05) is 37.3 Å². The van der Waals surface area contributed by atoms with Gasteiger partial charge >= 0.3 is 0 Å². The molecule has 0 saturated heterocycles. The van der Waals surface area contributed by atoms with Gasteiger partial charge in [-0.05, 0) is 52.5 Å². The fourth-order valence-electron chi connectivity index (χ4n) is 1.82. The molecule has 0 aliphatic carbocycles.